The minimum atomic E-state index is -0.498. The summed E-state index contributed by atoms with van der Waals surface area (Å²) >= 11 is 4.08. The molecule has 0 aromatic heterocycles. The van der Waals surface area contributed by atoms with Crippen molar-refractivity contribution in [2.75, 3.05) is 12.4 Å². The number of nitrogens with one attached hydrogen (secondary N) is 1. The molecule has 1 aliphatic heterocycles. The van der Waals surface area contributed by atoms with Gasteiger partial charge in [-0.05, 0) is 75.0 Å². The van der Waals surface area contributed by atoms with Gasteiger partial charge in [0, 0.05) is 11.1 Å². The number of carbonyl (C=O) groups is 2. The fraction of sp³-hybridized carbons (Fsp3) is 0.0588. The topological polar surface area (TPSA) is 75.6 Å². The van der Waals surface area contributed by atoms with E-state index in [0.717, 1.165) is 5.56 Å². The molecule has 0 aliphatic carbocycles. The van der Waals surface area contributed by atoms with Gasteiger partial charge in [0.15, 0.2) is 0 Å². The number of phenols is 1. The molecule has 1 aliphatic rings. The van der Waals surface area contributed by atoms with Crippen LogP contribution in [0.4, 0.5) is 5.69 Å². The third-order valence-corrected chi connectivity index (χ3v) is 5.24. The van der Waals surface area contributed by atoms with E-state index in [1.807, 2.05) is 45.2 Å². The average molecular weight is 547 g/mol. The fourth-order valence-electron chi connectivity index (χ4n) is 2.47. The zero-order chi connectivity index (χ0) is 17.4. The van der Waals surface area contributed by atoms with E-state index in [0.29, 0.717) is 29.5 Å². The van der Waals surface area contributed by atoms with Crippen LogP contribution in [0.15, 0.2) is 30.3 Å². The van der Waals surface area contributed by atoms with Crippen molar-refractivity contribution in [2.24, 2.45) is 0 Å². The summed E-state index contributed by atoms with van der Waals surface area (Å²) in [4.78, 5) is 24.2. The number of fused-ring (bicyclic) bond motifs is 1. The van der Waals surface area contributed by atoms with Gasteiger partial charge in [-0.25, -0.2) is 4.79 Å². The number of carbonyl (C=O) groups excluding carboxylic acids is 2. The molecule has 24 heavy (non-hydrogen) atoms. The van der Waals surface area contributed by atoms with E-state index in [2.05, 4.69) is 5.32 Å². The van der Waals surface area contributed by atoms with Gasteiger partial charge < -0.3 is 15.2 Å². The molecule has 0 saturated carbocycles. The van der Waals surface area contributed by atoms with Crippen molar-refractivity contribution < 1.29 is 19.4 Å². The van der Waals surface area contributed by atoms with E-state index in [1.54, 1.807) is 36.4 Å². The molecule has 122 valence electrons. The van der Waals surface area contributed by atoms with Gasteiger partial charge in [-0.3, -0.25) is 4.79 Å². The molecule has 5 nitrogen and oxygen atoms in total. The number of hydrogen-bond donors (Lipinski definition) is 2. The number of rotatable bonds is 2. The lowest BCUT2D eigenvalue weighted by Crippen LogP contribution is -2.08. The molecule has 0 unspecified atom stereocenters. The van der Waals surface area contributed by atoms with Crippen molar-refractivity contribution >= 4 is 74.4 Å². The Hall–Kier alpha value is -1.62. The highest BCUT2D eigenvalue weighted by Crippen LogP contribution is 2.37. The molecular formula is C17H11I2NO4. The Morgan fingerprint density at radius 3 is 2.54 bits per heavy atom. The number of phenolic OH excluding ortho intramolecular Hbond substituents is 1. The first-order valence-corrected chi connectivity index (χ1v) is 9.01. The molecule has 1 amide bonds. The zero-order valence-electron chi connectivity index (χ0n) is 12.4. The van der Waals surface area contributed by atoms with Crippen molar-refractivity contribution in [3.63, 3.8) is 0 Å². The minimum absolute atomic E-state index is 0.225. The largest absolute Gasteiger partial charge is 0.506 e. The van der Waals surface area contributed by atoms with Crippen LogP contribution in [0.2, 0.25) is 0 Å². The average Bonchev–Trinajstić information content (AvgIpc) is 2.87. The van der Waals surface area contributed by atoms with Crippen molar-refractivity contribution in [3.8, 4) is 5.75 Å². The molecule has 0 fully saturated rings. The quantitative estimate of drug-likeness (QED) is 0.340. The first-order valence-electron chi connectivity index (χ1n) is 6.85. The summed E-state index contributed by atoms with van der Waals surface area (Å²) in [6.07, 6.45) is 1.74. The summed E-state index contributed by atoms with van der Waals surface area (Å²) in [5.41, 5.74) is 2.70. The third-order valence-electron chi connectivity index (χ3n) is 3.59. The highest BCUT2D eigenvalue weighted by molar-refractivity contribution is 14.1. The molecule has 2 aromatic carbocycles. The van der Waals surface area contributed by atoms with Crippen LogP contribution >= 0.6 is 45.2 Å². The maximum atomic E-state index is 12.4. The number of anilines is 1. The van der Waals surface area contributed by atoms with Gasteiger partial charge in [0.05, 0.1) is 25.5 Å². The maximum Gasteiger partial charge on any atom is 0.339 e. The van der Waals surface area contributed by atoms with Gasteiger partial charge in [-0.15, -0.1) is 0 Å². The number of aromatic hydroxyl groups is 1. The summed E-state index contributed by atoms with van der Waals surface area (Å²) in [5.74, 6) is -0.552. The number of benzene rings is 2. The number of halogens is 2. The van der Waals surface area contributed by atoms with Crippen molar-refractivity contribution in [1.82, 2.24) is 0 Å². The highest BCUT2D eigenvalue weighted by Gasteiger charge is 2.28. The highest BCUT2D eigenvalue weighted by atomic mass is 127. The lowest BCUT2D eigenvalue weighted by molar-refractivity contribution is -0.110. The van der Waals surface area contributed by atoms with Gasteiger partial charge in [0.25, 0.3) is 5.91 Å². The number of para-hydroxylation sites is 1. The molecule has 0 saturated heterocycles. The van der Waals surface area contributed by atoms with Crippen LogP contribution in [0.25, 0.3) is 11.6 Å². The third kappa shape index (κ3) is 3.02. The van der Waals surface area contributed by atoms with E-state index in [1.165, 1.54) is 7.11 Å². The molecule has 7 heteroatoms. The number of hydrogen-bond acceptors (Lipinski definition) is 4. The summed E-state index contributed by atoms with van der Waals surface area (Å²) in [7, 11) is 1.30. The first-order chi connectivity index (χ1) is 11.4. The number of methoxy groups -OCH3 is 1. The van der Waals surface area contributed by atoms with Gasteiger partial charge in [0.1, 0.15) is 5.75 Å². The van der Waals surface area contributed by atoms with E-state index in [-0.39, 0.29) is 11.7 Å². The van der Waals surface area contributed by atoms with Gasteiger partial charge in [-0.2, -0.15) is 0 Å². The van der Waals surface area contributed by atoms with Crippen LogP contribution in [0.5, 0.6) is 5.75 Å². The normalized spacial score (nSPS) is 14.5. The van der Waals surface area contributed by atoms with Crippen LogP contribution in [0, 0.1) is 7.14 Å². The Balaban J connectivity index is 2.13. The summed E-state index contributed by atoms with van der Waals surface area (Å²) < 4.78 is 6.16. The Morgan fingerprint density at radius 1 is 1.25 bits per heavy atom. The standard InChI is InChI=1S/C17H11I2NO4/c1-24-17(23)10-4-2-3-9-11(16(22)20-14(9)10)5-8-6-12(18)15(21)13(19)7-8/h2-7,21H,1H3,(H,20,22)/b11-5-. The molecule has 0 bridgehead atoms. The van der Waals surface area contributed by atoms with Crippen LogP contribution in [-0.2, 0) is 9.53 Å². The predicted molar refractivity (Wildman–Crippen MR) is 108 cm³/mol. The van der Waals surface area contributed by atoms with Gasteiger partial charge in [-0.1, -0.05) is 12.1 Å². The molecule has 0 spiro atoms. The van der Waals surface area contributed by atoms with Crippen molar-refractivity contribution in [3.05, 3.63) is 54.2 Å². The SMILES string of the molecule is COC(=O)c1cccc2c1NC(=O)/C2=C\c1cc(I)c(O)c(I)c1. The monoisotopic (exact) mass is 547 g/mol. The summed E-state index contributed by atoms with van der Waals surface area (Å²) in [5, 5.41) is 12.6. The predicted octanol–water partition coefficient (Wildman–Crippen LogP) is 3.88. The smallest absolute Gasteiger partial charge is 0.339 e. The van der Waals surface area contributed by atoms with E-state index >= 15 is 0 Å². The molecule has 1 heterocycles. The molecule has 2 N–H and O–H groups in total. The van der Waals surface area contributed by atoms with Crippen LogP contribution in [0.1, 0.15) is 21.5 Å². The lowest BCUT2D eigenvalue weighted by atomic mass is 10.0. The molecule has 3 rings (SSSR count). The summed E-state index contributed by atoms with van der Waals surface area (Å²) in [6.45, 7) is 0. The molecule has 0 radical (unpaired) electrons. The minimum Gasteiger partial charge on any atom is -0.506 e. The number of esters is 1. The summed E-state index contributed by atoms with van der Waals surface area (Å²) in [6, 6.07) is 8.69. The lowest BCUT2D eigenvalue weighted by Gasteiger charge is -2.05. The Bertz CT molecular complexity index is 882. The van der Waals surface area contributed by atoms with E-state index in [9.17, 15) is 14.7 Å². The molecular weight excluding hydrogens is 536 g/mol. The first kappa shape index (κ1) is 17.2. The number of ether oxygens (including phenoxy) is 1. The Morgan fingerprint density at radius 2 is 1.92 bits per heavy atom. The van der Waals surface area contributed by atoms with Crippen molar-refractivity contribution in [2.45, 2.75) is 0 Å². The second-order valence-corrected chi connectivity index (χ2v) is 7.39. The van der Waals surface area contributed by atoms with Crippen LogP contribution in [0.3, 0.4) is 0 Å². The van der Waals surface area contributed by atoms with E-state index in [4.69, 9.17) is 4.74 Å². The second-order valence-electron chi connectivity index (χ2n) is 5.07. The zero-order valence-corrected chi connectivity index (χ0v) is 16.7. The Kier molecular flexibility index (Phi) is 4.81. The molecule has 0 atom stereocenters. The van der Waals surface area contributed by atoms with Crippen molar-refractivity contribution in [1.29, 1.82) is 0 Å². The Labute approximate surface area is 165 Å². The maximum absolute atomic E-state index is 12.4. The van der Waals surface area contributed by atoms with Crippen LogP contribution in [-0.4, -0.2) is 24.1 Å². The fourth-order valence-corrected chi connectivity index (χ4v) is 4.29. The van der Waals surface area contributed by atoms with E-state index < -0.39 is 5.97 Å². The second kappa shape index (κ2) is 6.71. The van der Waals surface area contributed by atoms with Crippen LogP contribution < -0.4 is 5.32 Å². The molecule has 2 aromatic rings. The van der Waals surface area contributed by atoms with Gasteiger partial charge in [0.2, 0.25) is 0 Å². The number of amides is 1. The van der Waals surface area contributed by atoms with Gasteiger partial charge >= 0.3 is 5.97 Å².